The number of carbonyl (C=O) groups excluding carboxylic acids is 1. The lowest BCUT2D eigenvalue weighted by Gasteiger charge is -2.14. The molecule has 0 bridgehead atoms. The van der Waals surface area contributed by atoms with Crippen LogP contribution in [0.25, 0.3) is 0 Å². The molecule has 0 aliphatic heterocycles. The van der Waals surface area contributed by atoms with Gasteiger partial charge in [0.15, 0.2) is 0 Å². The summed E-state index contributed by atoms with van der Waals surface area (Å²) in [6.07, 6.45) is 5.20. The maximum atomic E-state index is 12.4. The van der Waals surface area contributed by atoms with Gasteiger partial charge in [0.2, 0.25) is 5.91 Å². The molecule has 30 heavy (non-hydrogen) atoms. The van der Waals surface area contributed by atoms with Gasteiger partial charge < -0.3 is 14.8 Å². The minimum Gasteiger partial charge on any atom is -0.490 e. The van der Waals surface area contributed by atoms with E-state index in [2.05, 4.69) is 10.3 Å². The molecule has 1 aliphatic rings. The highest BCUT2D eigenvalue weighted by Crippen LogP contribution is 2.26. The maximum absolute atomic E-state index is 12.4. The Bertz CT molecular complexity index is 978. The molecule has 156 valence electrons. The molecule has 0 spiro atoms. The quantitative estimate of drug-likeness (QED) is 0.518. The van der Waals surface area contributed by atoms with E-state index in [0.29, 0.717) is 12.7 Å². The van der Waals surface area contributed by atoms with Crippen LogP contribution in [0.1, 0.15) is 41.9 Å². The molecule has 0 atom stereocenters. The summed E-state index contributed by atoms with van der Waals surface area (Å²) < 4.78 is 11.8. The molecule has 1 aliphatic carbocycles. The zero-order valence-corrected chi connectivity index (χ0v) is 17.9. The topological polar surface area (TPSA) is 60.5 Å². The SMILES string of the molecule is Cc1ccc(OCc2nc(CC(=O)Nc3cccc(OC4CCCC4)c3)cs2)cc1. The molecule has 1 heterocycles. The Kier molecular flexibility index (Phi) is 6.64. The third-order valence-corrected chi connectivity index (χ3v) is 5.92. The fourth-order valence-corrected chi connectivity index (χ4v) is 4.20. The van der Waals surface area contributed by atoms with Gasteiger partial charge in [-0.15, -0.1) is 11.3 Å². The van der Waals surface area contributed by atoms with Crippen molar-refractivity contribution >= 4 is 22.9 Å². The van der Waals surface area contributed by atoms with E-state index in [9.17, 15) is 4.79 Å². The molecule has 0 radical (unpaired) electrons. The van der Waals surface area contributed by atoms with Crippen LogP contribution in [0.15, 0.2) is 53.9 Å². The zero-order chi connectivity index (χ0) is 20.8. The predicted molar refractivity (Wildman–Crippen MR) is 119 cm³/mol. The fraction of sp³-hybridized carbons (Fsp3) is 0.333. The Balaban J connectivity index is 1.27. The first kappa shape index (κ1) is 20.4. The molecule has 0 saturated heterocycles. The lowest BCUT2D eigenvalue weighted by molar-refractivity contribution is -0.115. The zero-order valence-electron chi connectivity index (χ0n) is 17.1. The third kappa shape index (κ3) is 5.83. The van der Waals surface area contributed by atoms with Crippen LogP contribution in [-0.4, -0.2) is 17.0 Å². The molecular weight excluding hydrogens is 396 g/mol. The number of rotatable bonds is 8. The number of hydrogen-bond donors (Lipinski definition) is 1. The molecule has 1 amide bonds. The van der Waals surface area contributed by atoms with Crippen LogP contribution in [0, 0.1) is 6.92 Å². The molecule has 2 aromatic carbocycles. The average Bonchev–Trinajstić information content (AvgIpc) is 3.40. The second-order valence-corrected chi connectivity index (χ2v) is 8.55. The smallest absolute Gasteiger partial charge is 0.230 e. The number of ether oxygens (including phenoxy) is 2. The van der Waals surface area contributed by atoms with Gasteiger partial charge in [-0.2, -0.15) is 0 Å². The van der Waals surface area contributed by atoms with Crippen molar-refractivity contribution in [1.29, 1.82) is 0 Å². The first-order valence-electron chi connectivity index (χ1n) is 10.3. The number of aryl methyl sites for hydroxylation is 1. The number of aromatic nitrogens is 1. The number of carbonyl (C=O) groups is 1. The first-order valence-corrected chi connectivity index (χ1v) is 11.2. The van der Waals surface area contributed by atoms with Gasteiger partial charge in [-0.25, -0.2) is 4.98 Å². The van der Waals surface area contributed by atoms with Gasteiger partial charge in [0.25, 0.3) is 0 Å². The molecule has 5 nitrogen and oxygen atoms in total. The van der Waals surface area contributed by atoms with E-state index in [-0.39, 0.29) is 12.3 Å². The molecule has 6 heteroatoms. The van der Waals surface area contributed by atoms with Crippen LogP contribution in [0.4, 0.5) is 5.69 Å². The molecule has 0 unspecified atom stereocenters. The summed E-state index contributed by atoms with van der Waals surface area (Å²) >= 11 is 1.50. The highest BCUT2D eigenvalue weighted by atomic mass is 32.1. The summed E-state index contributed by atoms with van der Waals surface area (Å²) in [4.78, 5) is 17.0. The van der Waals surface area contributed by atoms with Gasteiger partial charge in [-0.1, -0.05) is 23.8 Å². The van der Waals surface area contributed by atoms with Gasteiger partial charge in [-0.05, 0) is 56.9 Å². The fourth-order valence-electron chi connectivity index (χ4n) is 3.49. The number of thiazole rings is 1. The van der Waals surface area contributed by atoms with E-state index in [1.165, 1.54) is 29.7 Å². The highest BCUT2D eigenvalue weighted by molar-refractivity contribution is 7.09. The van der Waals surface area contributed by atoms with Crippen LogP contribution in [0.3, 0.4) is 0 Å². The van der Waals surface area contributed by atoms with E-state index in [1.807, 2.05) is 60.8 Å². The number of nitrogens with zero attached hydrogens (tertiary/aromatic N) is 1. The van der Waals surface area contributed by atoms with Crippen molar-refractivity contribution in [3.8, 4) is 11.5 Å². The predicted octanol–water partition coefficient (Wildman–Crippen LogP) is 5.53. The lowest BCUT2D eigenvalue weighted by Crippen LogP contribution is -2.15. The first-order chi connectivity index (χ1) is 14.6. The van der Waals surface area contributed by atoms with Crippen LogP contribution < -0.4 is 14.8 Å². The molecule has 1 N–H and O–H groups in total. The van der Waals surface area contributed by atoms with Crippen LogP contribution in [-0.2, 0) is 17.8 Å². The molecule has 4 rings (SSSR count). The number of benzene rings is 2. The van der Waals surface area contributed by atoms with Crippen molar-refractivity contribution < 1.29 is 14.3 Å². The van der Waals surface area contributed by atoms with Crippen molar-refractivity contribution in [3.63, 3.8) is 0 Å². The van der Waals surface area contributed by atoms with Gasteiger partial charge >= 0.3 is 0 Å². The van der Waals surface area contributed by atoms with E-state index in [1.54, 1.807) is 0 Å². The van der Waals surface area contributed by atoms with E-state index >= 15 is 0 Å². The second kappa shape index (κ2) is 9.76. The number of hydrogen-bond acceptors (Lipinski definition) is 5. The average molecular weight is 423 g/mol. The summed E-state index contributed by atoms with van der Waals surface area (Å²) in [6, 6.07) is 15.5. The minimum atomic E-state index is -0.0932. The second-order valence-electron chi connectivity index (χ2n) is 7.61. The van der Waals surface area contributed by atoms with E-state index < -0.39 is 0 Å². The third-order valence-electron chi connectivity index (χ3n) is 5.05. The standard InChI is InChI=1S/C24H26N2O3S/c1-17-9-11-20(12-10-17)28-15-24-26-19(16-30-24)14-23(27)25-18-5-4-8-22(13-18)29-21-6-2-3-7-21/h4-5,8-13,16,21H,2-3,6-7,14-15H2,1H3,(H,25,27). The van der Waals surface area contributed by atoms with Crippen LogP contribution in [0.2, 0.25) is 0 Å². The van der Waals surface area contributed by atoms with Crippen LogP contribution in [0.5, 0.6) is 11.5 Å². The van der Waals surface area contributed by atoms with E-state index in [4.69, 9.17) is 9.47 Å². The van der Waals surface area contributed by atoms with Crippen molar-refractivity contribution in [2.24, 2.45) is 0 Å². The van der Waals surface area contributed by atoms with Crippen LogP contribution >= 0.6 is 11.3 Å². The maximum Gasteiger partial charge on any atom is 0.230 e. The Morgan fingerprint density at radius 2 is 1.93 bits per heavy atom. The van der Waals surface area contributed by atoms with Crippen molar-refractivity contribution in [3.05, 3.63) is 70.2 Å². The van der Waals surface area contributed by atoms with E-state index in [0.717, 1.165) is 40.7 Å². The number of nitrogens with one attached hydrogen (secondary N) is 1. The normalized spacial score (nSPS) is 13.9. The van der Waals surface area contributed by atoms with Crippen molar-refractivity contribution in [2.45, 2.75) is 51.7 Å². The van der Waals surface area contributed by atoms with Crippen molar-refractivity contribution in [1.82, 2.24) is 4.98 Å². The Labute approximate surface area is 181 Å². The molecule has 1 saturated carbocycles. The number of anilines is 1. The van der Waals surface area contributed by atoms with Crippen molar-refractivity contribution in [2.75, 3.05) is 5.32 Å². The van der Waals surface area contributed by atoms with Gasteiger partial charge in [-0.3, -0.25) is 4.79 Å². The minimum absolute atomic E-state index is 0.0932. The molecule has 3 aromatic rings. The highest BCUT2D eigenvalue weighted by Gasteiger charge is 2.16. The largest absolute Gasteiger partial charge is 0.490 e. The van der Waals surface area contributed by atoms with Gasteiger partial charge in [0.1, 0.15) is 23.1 Å². The van der Waals surface area contributed by atoms with Gasteiger partial charge in [0, 0.05) is 17.1 Å². The lowest BCUT2D eigenvalue weighted by atomic mass is 10.2. The van der Waals surface area contributed by atoms with Gasteiger partial charge in [0.05, 0.1) is 18.2 Å². The summed E-state index contributed by atoms with van der Waals surface area (Å²) in [7, 11) is 0. The summed E-state index contributed by atoms with van der Waals surface area (Å²) in [5.41, 5.74) is 2.69. The monoisotopic (exact) mass is 422 g/mol. The summed E-state index contributed by atoms with van der Waals surface area (Å²) in [6.45, 7) is 2.44. The molecular formula is C24H26N2O3S. The molecule has 1 fully saturated rings. The number of amides is 1. The Hall–Kier alpha value is -2.86. The Morgan fingerprint density at radius 1 is 1.13 bits per heavy atom. The summed E-state index contributed by atoms with van der Waals surface area (Å²) in [5, 5.41) is 5.70. The Morgan fingerprint density at radius 3 is 2.73 bits per heavy atom. The summed E-state index contributed by atoms with van der Waals surface area (Å²) in [5.74, 6) is 1.53. The molecule has 1 aromatic heterocycles.